The van der Waals surface area contributed by atoms with Crippen LogP contribution >= 0.6 is 11.3 Å². The number of hydrogen-bond donors (Lipinski definition) is 1. The first-order valence-corrected chi connectivity index (χ1v) is 13.2. The molecule has 1 N–H and O–H groups in total. The second kappa shape index (κ2) is 12.3. The minimum absolute atomic E-state index is 0.154. The number of rotatable bonds is 8. The Balaban J connectivity index is 1.37. The first kappa shape index (κ1) is 27.4. The van der Waals surface area contributed by atoms with Gasteiger partial charge in [-0.2, -0.15) is 13.2 Å². The predicted octanol–water partition coefficient (Wildman–Crippen LogP) is 7.06. The van der Waals surface area contributed by atoms with Crippen molar-refractivity contribution in [2.45, 2.75) is 37.8 Å². The van der Waals surface area contributed by atoms with Crippen molar-refractivity contribution in [3.8, 4) is 11.1 Å². The second-order valence-electron chi connectivity index (χ2n) is 9.01. The molecule has 0 aliphatic carbocycles. The van der Waals surface area contributed by atoms with Gasteiger partial charge in [0.15, 0.2) is 0 Å². The highest BCUT2D eigenvalue weighted by Gasteiger charge is 2.28. The van der Waals surface area contributed by atoms with E-state index in [-0.39, 0.29) is 23.5 Å². The SMILES string of the molecule is C=CCCOC(=O)N1CCC(c2nc(C(=O)Nc3ccccc3-c3ccc(CC(F)(F)F)cc3)cs2)CC1. The summed E-state index contributed by atoms with van der Waals surface area (Å²) in [5.41, 5.74) is 2.40. The number of nitrogens with one attached hydrogen (secondary N) is 1. The number of piperidine rings is 1. The molecule has 0 unspecified atom stereocenters. The van der Waals surface area contributed by atoms with E-state index in [0.717, 1.165) is 17.8 Å². The fourth-order valence-electron chi connectivity index (χ4n) is 4.27. The molecule has 200 valence electrons. The summed E-state index contributed by atoms with van der Waals surface area (Å²) in [5.74, 6) is -0.210. The number of aromatic nitrogens is 1. The molecular formula is C28H28F3N3O3S. The predicted molar refractivity (Wildman–Crippen MR) is 141 cm³/mol. The average molecular weight is 544 g/mol. The summed E-state index contributed by atoms with van der Waals surface area (Å²) >= 11 is 1.42. The zero-order valence-corrected chi connectivity index (χ0v) is 21.5. The van der Waals surface area contributed by atoms with Crippen LogP contribution in [-0.2, 0) is 11.2 Å². The summed E-state index contributed by atoms with van der Waals surface area (Å²) in [5, 5.41) is 5.46. The van der Waals surface area contributed by atoms with Crippen LogP contribution in [0.25, 0.3) is 11.1 Å². The van der Waals surface area contributed by atoms with Crippen molar-refractivity contribution < 1.29 is 27.5 Å². The molecule has 0 spiro atoms. The van der Waals surface area contributed by atoms with Gasteiger partial charge < -0.3 is 15.0 Å². The lowest BCUT2D eigenvalue weighted by Crippen LogP contribution is -2.38. The zero-order valence-electron chi connectivity index (χ0n) is 20.7. The Morgan fingerprint density at radius 3 is 2.53 bits per heavy atom. The van der Waals surface area contributed by atoms with Gasteiger partial charge in [0.2, 0.25) is 0 Å². The van der Waals surface area contributed by atoms with Crippen molar-refractivity contribution in [3.05, 3.63) is 82.8 Å². The molecule has 1 aromatic heterocycles. The summed E-state index contributed by atoms with van der Waals surface area (Å²) in [6.07, 6.45) is -1.79. The zero-order chi connectivity index (χ0) is 27.1. The number of halogens is 3. The molecule has 0 bridgehead atoms. The van der Waals surface area contributed by atoms with Gasteiger partial charge in [-0.3, -0.25) is 4.79 Å². The van der Waals surface area contributed by atoms with Crippen LogP contribution in [0.1, 0.15) is 46.2 Å². The van der Waals surface area contributed by atoms with Crippen molar-refractivity contribution in [1.82, 2.24) is 9.88 Å². The Morgan fingerprint density at radius 1 is 1.13 bits per heavy atom. The summed E-state index contributed by atoms with van der Waals surface area (Å²) in [4.78, 5) is 31.4. The summed E-state index contributed by atoms with van der Waals surface area (Å²) < 4.78 is 43.3. The van der Waals surface area contributed by atoms with Crippen LogP contribution in [-0.4, -0.2) is 47.8 Å². The molecule has 1 aliphatic rings. The maximum absolute atomic E-state index is 13.0. The Kier molecular flexibility index (Phi) is 8.83. The molecule has 4 rings (SSSR count). The largest absolute Gasteiger partial charge is 0.449 e. The molecule has 6 nitrogen and oxygen atoms in total. The van der Waals surface area contributed by atoms with Gasteiger partial charge in [0.1, 0.15) is 5.69 Å². The lowest BCUT2D eigenvalue weighted by molar-refractivity contribution is -0.127. The maximum atomic E-state index is 13.0. The minimum atomic E-state index is -4.27. The van der Waals surface area contributed by atoms with Crippen LogP contribution in [0.3, 0.4) is 0 Å². The number of amides is 2. The van der Waals surface area contributed by atoms with Gasteiger partial charge in [0.25, 0.3) is 5.91 Å². The maximum Gasteiger partial charge on any atom is 0.409 e. The van der Waals surface area contributed by atoms with Gasteiger partial charge in [-0.15, -0.1) is 17.9 Å². The van der Waals surface area contributed by atoms with Crippen LogP contribution in [0.4, 0.5) is 23.7 Å². The van der Waals surface area contributed by atoms with E-state index in [4.69, 9.17) is 4.74 Å². The average Bonchev–Trinajstić information content (AvgIpc) is 3.40. The van der Waals surface area contributed by atoms with Crippen molar-refractivity contribution in [1.29, 1.82) is 0 Å². The molecule has 2 aromatic carbocycles. The van der Waals surface area contributed by atoms with Crippen LogP contribution < -0.4 is 5.32 Å². The number of ether oxygens (including phenoxy) is 1. The number of hydrogen-bond acceptors (Lipinski definition) is 5. The van der Waals surface area contributed by atoms with E-state index in [9.17, 15) is 22.8 Å². The van der Waals surface area contributed by atoms with E-state index in [2.05, 4.69) is 16.9 Å². The minimum Gasteiger partial charge on any atom is -0.449 e. The fourth-order valence-corrected chi connectivity index (χ4v) is 5.24. The van der Waals surface area contributed by atoms with Crippen molar-refractivity contribution in [2.75, 3.05) is 25.0 Å². The highest BCUT2D eigenvalue weighted by atomic mass is 32.1. The molecule has 0 radical (unpaired) electrons. The summed E-state index contributed by atoms with van der Waals surface area (Å²) in [6, 6.07) is 13.3. The van der Waals surface area contributed by atoms with E-state index in [1.807, 2.05) is 0 Å². The van der Waals surface area contributed by atoms with Crippen LogP contribution in [0.2, 0.25) is 0 Å². The number of anilines is 1. The third-order valence-electron chi connectivity index (χ3n) is 6.25. The molecule has 10 heteroatoms. The number of alkyl halides is 3. The van der Waals surface area contributed by atoms with Gasteiger partial charge >= 0.3 is 12.3 Å². The smallest absolute Gasteiger partial charge is 0.409 e. The third kappa shape index (κ3) is 7.22. The molecule has 0 atom stereocenters. The number of carbonyl (C=O) groups is 2. The molecule has 1 aliphatic heterocycles. The van der Waals surface area contributed by atoms with Gasteiger partial charge in [-0.25, -0.2) is 9.78 Å². The standard InChI is InChI=1S/C28H28F3N3O3S/c1-2-3-16-37-27(36)34-14-12-21(13-15-34)26-33-24(18-38-26)25(35)32-23-7-5-4-6-22(23)20-10-8-19(9-11-20)17-28(29,30)31/h2,4-11,18,21H,1,3,12-17H2,(H,32,35). The van der Waals surface area contributed by atoms with E-state index < -0.39 is 12.6 Å². The van der Waals surface area contributed by atoms with Crippen molar-refractivity contribution in [2.24, 2.45) is 0 Å². The van der Waals surface area contributed by atoms with E-state index in [1.54, 1.807) is 52.8 Å². The highest BCUT2D eigenvalue weighted by molar-refractivity contribution is 7.10. The molecular weight excluding hydrogens is 515 g/mol. The molecule has 1 saturated heterocycles. The van der Waals surface area contributed by atoms with Crippen molar-refractivity contribution in [3.63, 3.8) is 0 Å². The van der Waals surface area contributed by atoms with E-state index in [1.165, 1.54) is 23.5 Å². The molecule has 38 heavy (non-hydrogen) atoms. The first-order chi connectivity index (χ1) is 18.2. The Morgan fingerprint density at radius 2 is 1.84 bits per heavy atom. The molecule has 0 saturated carbocycles. The number of likely N-dealkylation sites (tertiary alicyclic amines) is 1. The van der Waals surface area contributed by atoms with Crippen molar-refractivity contribution >= 4 is 29.0 Å². The summed E-state index contributed by atoms with van der Waals surface area (Å²) in [6.45, 7) is 5.06. The van der Waals surface area contributed by atoms with Crippen LogP contribution in [0.5, 0.6) is 0 Å². The lowest BCUT2D eigenvalue weighted by Gasteiger charge is -2.30. The number of nitrogens with zero attached hydrogens (tertiary/aromatic N) is 2. The van der Waals surface area contributed by atoms with Crippen LogP contribution in [0.15, 0.2) is 66.6 Å². The van der Waals surface area contributed by atoms with Gasteiger partial charge in [0.05, 0.1) is 18.0 Å². The van der Waals surface area contributed by atoms with Crippen LogP contribution in [0, 0.1) is 0 Å². The van der Waals surface area contributed by atoms with E-state index >= 15 is 0 Å². The number of para-hydroxylation sites is 1. The summed E-state index contributed by atoms with van der Waals surface area (Å²) in [7, 11) is 0. The third-order valence-corrected chi connectivity index (χ3v) is 7.26. The Hall–Kier alpha value is -3.66. The van der Waals surface area contributed by atoms with E-state index in [0.29, 0.717) is 48.6 Å². The van der Waals surface area contributed by atoms with Gasteiger partial charge in [0, 0.05) is 35.6 Å². The molecule has 1 fully saturated rings. The monoisotopic (exact) mass is 543 g/mol. The molecule has 3 aromatic rings. The molecule has 2 heterocycles. The lowest BCUT2D eigenvalue weighted by atomic mass is 9.98. The molecule has 2 amide bonds. The number of benzene rings is 2. The topological polar surface area (TPSA) is 71.5 Å². The van der Waals surface area contributed by atoms with Gasteiger partial charge in [-0.1, -0.05) is 48.5 Å². The van der Waals surface area contributed by atoms with Gasteiger partial charge in [-0.05, 0) is 36.5 Å². The second-order valence-corrected chi connectivity index (χ2v) is 9.90. The Bertz CT molecular complexity index is 1270. The first-order valence-electron chi connectivity index (χ1n) is 12.3. The number of carbonyl (C=O) groups excluding carboxylic acids is 2. The normalized spacial score (nSPS) is 14.2. The fraction of sp³-hybridized carbons (Fsp3) is 0.321. The Labute approximate surface area is 223 Å². The number of thiazole rings is 1. The quantitative estimate of drug-likeness (QED) is 0.244. The highest BCUT2D eigenvalue weighted by Crippen LogP contribution is 2.32.